The Labute approximate surface area is 337 Å². The molecule has 3 heterocycles. The molecule has 19 nitrogen and oxygen atoms in total. The lowest BCUT2D eigenvalue weighted by Gasteiger charge is -2.47. The molecule has 0 aromatic rings. The standard InChI is InChI=1S/C39H59N5O14/c1-3-25-26(8-7-23-18-44(14-16-46)19-27(33(49)50)30(23)43-37(40)42-13-6-15-45)28(34(51)56-24-9-12-38(17-24)10-4-5-11-38)21-54-35(25)58-36-32(55-22-41-2)39(52,53)31(48)29(20-47)57-36/h3,7-8,18,21,24-26,29,31-32,35-36,41,45-48,52-53H,1,4-6,9-17,19-20,22H2,2H3,(H,49,50)(H3,40,42,43)/p+1. The van der Waals surface area contributed by atoms with Gasteiger partial charge in [-0.05, 0) is 51.0 Å². The van der Waals surface area contributed by atoms with Crippen molar-refractivity contribution in [2.24, 2.45) is 28.0 Å². The summed E-state index contributed by atoms with van der Waals surface area (Å²) in [7, 11) is 1.54. The van der Waals surface area contributed by atoms with Gasteiger partial charge in [-0.15, -0.1) is 6.58 Å². The Morgan fingerprint density at radius 2 is 1.91 bits per heavy atom. The molecule has 9 atom stereocenters. The van der Waals surface area contributed by atoms with E-state index in [2.05, 4.69) is 22.2 Å². The van der Waals surface area contributed by atoms with Crippen molar-refractivity contribution in [3.8, 4) is 0 Å². The molecule has 0 amide bonds. The first-order chi connectivity index (χ1) is 27.8. The highest BCUT2D eigenvalue weighted by atomic mass is 16.8. The first-order valence-corrected chi connectivity index (χ1v) is 19.8. The van der Waals surface area contributed by atoms with Crippen molar-refractivity contribution in [2.75, 3.05) is 53.2 Å². The molecule has 5 rings (SSSR count). The maximum atomic E-state index is 14.1. The fourth-order valence-electron chi connectivity index (χ4n) is 8.49. The molecule has 3 fully saturated rings. The van der Waals surface area contributed by atoms with Crippen LogP contribution in [0.3, 0.4) is 0 Å². The number of nitrogens with one attached hydrogen (secondary N) is 3. The summed E-state index contributed by atoms with van der Waals surface area (Å²) >= 11 is 0. The second-order valence-corrected chi connectivity index (χ2v) is 15.5. The number of aliphatic imine (C=N–C) groups is 1. The van der Waals surface area contributed by atoms with Crippen molar-refractivity contribution >= 4 is 17.9 Å². The molecule has 3 aliphatic heterocycles. The van der Waals surface area contributed by atoms with Gasteiger partial charge >= 0.3 is 11.9 Å². The number of ether oxygens (including phenoxy) is 5. The zero-order chi connectivity index (χ0) is 42.0. The van der Waals surface area contributed by atoms with Gasteiger partial charge in [0.25, 0.3) is 0 Å². The Morgan fingerprint density at radius 1 is 1.16 bits per heavy atom. The van der Waals surface area contributed by atoms with Crippen LogP contribution in [0.15, 0.2) is 64.7 Å². The Bertz CT molecular complexity index is 1610. The third-order valence-corrected chi connectivity index (χ3v) is 11.5. The van der Waals surface area contributed by atoms with Crippen molar-refractivity contribution in [1.29, 1.82) is 0 Å². The molecule has 324 valence electrons. The molecule has 2 aliphatic carbocycles. The lowest BCUT2D eigenvalue weighted by atomic mass is 9.83. The number of carbonyl (C=O) groups is 2. The van der Waals surface area contributed by atoms with Crippen molar-refractivity contribution in [1.82, 2.24) is 10.6 Å². The number of guanidine groups is 1. The monoisotopic (exact) mass is 822 g/mol. The first-order valence-electron chi connectivity index (χ1n) is 19.8. The maximum absolute atomic E-state index is 14.1. The Hall–Kier alpha value is -3.73. The molecule has 5 aliphatic rings. The minimum absolute atomic E-state index is 0.00121. The van der Waals surface area contributed by atoms with Gasteiger partial charge in [0.15, 0.2) is 18.4 Å². The zero-order valence-electron chi connectivity index (χ0n) is 32.8. The number of aliphatic carboxylic acids is 1. The quantitative estimate of drug-likeness (QED) is 0.0172. The normalized spacial score (nSPS) is 32.2. The van der Waals surface area contributed by atoms with E-state index in [-0.39, 0.29) is 73.9 Å². The van der Waals surface area contributed by atoms with E-state index < -0.39 is 67.1 Å². The average Bonchev–Trinajstić information content (AvgIpc) is 3.83. The number of hydrogen-bond donors (Lipinski definition) is 11. The summed E-state index contributed by atoms with van der Waals surface area (Å²) in [6, 6.07) is 0. The van der Waals surface area contributed by atoms with Gasteiger partial charge in [0.1, 0.15) is 43.2 Å². The van der Waals surface area contributed by atoms with Crippen LogP contribution in [0.2, 0.25) is 0 Å². The van der Waals surface area contributed by atoms with E-state index in [0.29, 0.717) is 16.9 Å². The van der Waals surface area contributed by atoms with Crippen LogP contribution < -0.4 is 21.3 Å². The van der Waals surface area contributed by atoms with Crippen LogP contribution in [0, 0.1) is 17.3 Å². The molecule has 9 unspecified atom stereocenters. The summed E-state index contributed by atoms with van der Waals surface area (Å²) in [5.74, 6) is -6.72. The van der Waals surface area contributed by atoms with E-state index in [4.69, 9.17) is 29.4 Å². The van der Waals surface area contributed by atoms with Crippen molar-refractivity contribution in [3.63, 3.8) is 0 Å². The summed E-state index contributed by atoms with van der Waals surface area (Å²) in [5, 5.41) is 77.3. The molecule has 0 aromatic heterocycles. The maximum Gasteiger partial charge on any atom is 0.339 e. The molecular formula is C39H60N5O14+. The van der Waals surface area contributed by atoms with Crippen LogP contribution in [-0.2, 0) is 33.3 Å². The molecule has 58 heavy (non-hydrogen) atoms. The Balaban J connectivity index is 1.51. The van der Waals surface area contributed by atoms with Gasteiger partial charge in [-0.2, -0.15) is 0 Å². The van der Waals surface area contributed by atoms with E-state index >= 15 is 0 Å². The van der Waals surface area contributed by atoms with Crippen LogP contribution in [0.4, 0.5) is 0 Å². The fourth-order valence-corrected chi connectivity index (χ4v) is 8.49. The average molecular weight is 823 g/mol. The second-order valence-electron chi connectivity index (χ2n) is 15.5. The second kappa shape index (κ2) is 20.5. The number of carboxylic acids is 1. The van der Waals surface area contributed by atoms with Crippen molar-refractivity contribution in [2.45, 2.75) is 94.1 Å². The number of aliphatic hydroxyl groups excluding tert-OH is 4. The summed E-state index contributed by atoms with van der Waals surface area (Å²) in [6.07, 6.45) is 6.42. The number of allylic oxidation sites excluding steroid dienone is 2. The largest absolute Gasteiger partial charge is 0.478 e. The predicted molar refractivity (Wildman–Crippen MR) is 205 cm³/mol. The highest BCUT2D eigenvalue weighted by Crippen LogP contribution is 2.51. The number of esters is 1. The van der Waals surface area contributed by atoms with Gasteiger partial charge in [0.05, 0.1) is 49.0 Å². The number of hydrogen-bond acceptors (Lipinski definition) is 15. The molecular weight excluding hydrogens is 762 g/mol. The zero-order valence-corrected chi connectivity index (χ0v) is 32.8. The van der Waals surface area contributed by atoms with E-state index in [1.54, 1.807) is 25.4 Å². The van der Waals surface area contributed by atoms with Gasteiger partial charge in [0, 0.05) is 19.1 Å². The van der Waals surface area contributed by atoms with Gasteiger partial charge in [-0.1, -0.05) is 31.1 Å². The smallest absolute Gasteiger partial charge is 0.339 e. The molecule has 0 bridgehead atoms. The van der Waals surface area contributed by atoms with E-state index in [1.165, 1.54) is 12.3 Å². The minimum Gasteiger partial charge on any atom is -0.478 e. The lowest BCUT2D eigenvalue weighted by molar-refractivity contribution is -0.843. The van der Waals surface area contributed by atoms with Gasteiger partial charge in [-0.25, -0.2) is 9.59 Å². The van der Waals surface area contributed by atoms with Crippen molar-refractivity contribution < 1.29 is 73.9 Å². The van der Waals surface area contributed by atoms with E-state index in [9.17, 15) is 45.3 Å². The Morgan fingerprint density at radius 3 is 2.57 bits per heavy atom. The van der Waals surface area contributed by atoms with Crippen LogP contribution in [0.1, 0.15) is 51.4 Å². The van der Waals surface area contributed by atoms with Crippen LogP contribution >= 0.6 is 0 Å². The Kier molecular flexibility index (Phi) is 16.0. The number of rotatable bonds is 18. The van der Waals surface area contributed by atoms with Crippen LogP contribution in [-0.4, -0.2) is 150 Å². The van der Waals surface area contributed by atoms with Crippen LogP contribution in [0.5, 0.6) is 0 Å². The number of quaternary nitrogens is 1. The molecule has 12 N–H and O–H groups in total. The summed E-state index contributed by atoms with van der Waals surface area (Å²) in [6.45, 7) is 2.99. The van der Waals surface area contributed by atoms with Crippen LogP contribution in [0.25, 0.3) is 0 Å². The minimum atomic E-state index is -2.94. The first kappa shape index (κ1) is 45.4. The highest BCUT2D eigenvalue weighted by Gasteiger charge is 2.57. The van der Waals surface area contributed by atoms with Gasteiger partial charge < -0.3 is 75.4 Å². The predicted octanol–water partition coefficient (Wildman–Crippen LogP) is -2.40. The number of carboxylic acid groups (broad SMARTS) is 1. The van der Waals surface area contributed by atoms with E-state index in [1.807, 2.05) is 0 Å². The molecule has 2 saturated carbocycles. The molecule has 1 spiro atoms. The molecule has 19 heteroatoms. The molecule has 0 radical (unpaired) electrons. The molecule has 0 aromatic carbocycles. The van der Waals surface area contributed by atoms with E-state index in [0.717, 1.165) is 44.9 Å². The summed E-state index contributed by atoms with van der Waals surface area (Å²) in [5.41, 5.74) is 6.84. The summed E-state index contributed by atoms with van der Waals surface area (Å²) in [4.78, 5) is 31.5. The number of nitrogens with two attached hydrogens (primary N) is 1. The lowest BCUT2D eigenvalue weighted by Crippen LogP contribution is -3.09. The number of nitrogens with zero attached hydrogens (tertiary/aromatic N) is 1. The summed E-state index contributed by atoms with van der Waals surface area (Å²) < 4.78 is 29.7. The SMILES string of the molecule is C=CC1C(OC2OC(CO)C(O)C(O)(O)C2OCNC)OC=C(C(=O)OC2CCC3(CCCC3)C2)C1C=CC1=C[NH+](CCO)CC(C(=O)O)=C1NC(N)=NCCCO. The third-order valence-electron chi connectivity index (χ3n) is 11.5. The fraction of sp³-hybridized carbons (Fsp3) is 0.667. The topological polar surface area (TPSA) is 289 Å². The number of aliphatic hydroxyl groups is 6. The van der Waals surface area contributed by atoms with Gasteiger partial charge in [-0.3, -0.25) is 10.3 Å². The third kappa shape index (κ3) is 10.5. The number of carbonyl (C=O) groups excluding carboxylic acids is 1. The van der Waals surface area contributed by atoms with Crippen molar-refractivity contribution in [3.05, 3.63) is 59.7 Å². The van der Waals surface area contributed by atoms with Gasteiger partial charge in [0.2, 0.25) is 12.1 Å². The highest BCUT2D eigenvalue weighted by molar-refractivity contribution is 5.92. The molecule has 1 saturated heterocycles.